The van der Waals surface area contributed by atoms with E-state index in [1.807, 2.05) is 0 Å². The van der Waals surface area contributed by atoms with Gasteiger partial charge >= 0.3 is 12.1 Å². The number of aliphatic carboxylic acids is 1. The van der Waals surface area contributed by atoms with Gasteiger partial charge in [0.25, 0.3) is 0 Å². The number of halogens is 3. The summed E-state index contributed by atoms with van der Waals surface area (Å²) in [4.78, 5) is 11.0. The van der Waals surface area contributed by atoms with E-state index in [0.29, 0.717) is 0 Å². The van der Waals surface area contributed by atoms with E-state index in [0.717, 1.165) is 6.07 Å². The third kappa shape index (κ3) is 2.54. The fourth-order valence-electron chi connectivity index (χ4n) is 2.18. The largest absolute Gasteiger partial charge is 0.478 e. The van der Waals surface area contributed by atoms with Gasteiger partial charge in [0, 0.05) is 0 Å². The van der Waals surface area contributed by atoms with Crippen molar-refractivity contribution in [1.29, 1.82) is 0 Å². The standard InChI is InChI=1S/C14H12F3NO2/c1-13(8-9(12(19)20)6-7-18-13)10-4-2-3-5-11(10)14(15,16)17/h2-8,18H,1H3,(H,19,20). The summed E-state index contributed by atoms with van der Waals surface area (Å²) in [6, 6.07) is 5.11. The zero-order valence-electron chi connectivity index (χ0n) is 10.5. The number of alkyl halides is 3. The molecule has 1 aromatic rings. The Bertz CT molecular complexity index is 605. The fourth-order valence-corrected chi connectivity index (χ4v) is 2.18. The van der Waals surface area contributed by atoms with E-state index in [1.165, 1.54) is 43.5 Å². The second-order valence-electron chi connectivity index (χ2n) is 4.63. The van der Waals surface area contributed by atoms with Crippen molar-refractivity contribution in [2.45, 2.75) is 18.6 Å². The third-order valence-corrected chi connectivity index (χ3v) is 3.13. The average Bonchev–Trinajstić information content (AvgIpc) is 2.38. The topological polar surface area (TPSA) is 49.3 Å². The molecule has 20 heavy (non-hydrogen) atoms. The lowest BCUT2D eigenvalue weighted by molar-refractivity contribution is -0.138. The first-order valence-electron chi connectivity index (χ1n) is 5.81. The molecule has 2 rings (SSSR count). The van der Waals surface area contributed by atoms with Crippen molar-refractivity contribution < 1.29 is 23.1 Å². The van der Waals surface area contributed by atoms with Crippen molar-refractivity contribution in [2.24, 2.45) is 0 Å². The molecule has 6 heteroatoms. The average molecular weight is 283 g/mol. The highest BCUT2D eigenvalue weighted by Gasteiger charge is 2.39. The van der Waals surface area contributed by atoms with E-state index < -0.39 is 23.2 Å². The number of hydrogen-bond donors (Lipinski definition) is 2. The van der Waals surface area contributed by atoms with Crippen LogP contribution in [0.15, 0.2) is 48.2 Å². The van der Waals surface area contributed by atoms with Crippen molar-refractivity contribution in [3.05, 3.63) is 59.3 Å². The number of rotatable bonds is 2. The first-order chi connectivity index (χ1) is 9.24. The molecule has 2 N–H and O–H groups in total. The number of nitrogens with one attached hydrogen (secondary N) is 1. The van der Waals surface area contributed by atoms with E-state index in [2.05, 4.69) is 5.32 Å². The van der Waals surface area contributed by atoms with Crippen LogP contribution >= 0.6 is 0 Å². The zero-order chi connectivity index (χ0) is 15.0. The number of carbonyl (C=O) groups is 1. The molecule has 1 unspecified atom stereocenters. The fraction of sp³-hybridized carbons (Fsp3) is 0.214. The van der Waals surface area contributed by atoms with Gasteiger partial charge in [0.2, 0.25) is 0 Å². The van der Waals surface area contributed by atoms with E-state index in [-0.39, 0.29) is 11.1 Å². The molecule has 0 radical (unpaired) electrons. The molecule has 0 aliphatic carbocycles. The SMILES string of the molecule is CC1(c2ccccc2C(F)(F)F)C=C(C(=O)O)C=CN1. The normalized spacial score (nSPS) is 22.1. The van der Waals surface area contributed by atoms with Gasteiger partial charge < -0.3 is 10.4 Å². The smallest absolute Gasteiger partial charge is 0.416 e. The van der Waals surface area contributed by atoms with Crippen molar-refractivity contribution in [3.8, 4) is 0 Å². The van der Waals surface area contributed by atoms with Gasteiger partial charge in [-0.2, -0.15) is 13.2 Å². The molecule has 0 saturated heterocycles. The predicted octanol–water partition coefficient (Wildman–Crippen LogP) is 3.05. The minimum atomic E-state index is -4.50. The maximum absolute atomic E-state index is 13.0. The van der Waals surface area contributed by atoms with Crippen LogP contribution in [0.3, 0.4) is 0 Å². The Morgan fingerprint density at radius 2 is 1.95 bits per heavy atom. The van der Waals surface area contributed by atoms with Gasteiger partial charge in [0.15, 0.2) is 0 Å². The van der Waals surface area contributed by atoms with Crippen LogP contribution in [-0.2, 0) is 16.5 Å². The van der Waals surface area contributed by atoms with Gasteiger partial charge in [-0.25, -0.2) is 4.79 Å². The van der Waals surface area contributed by atoms with Crippen LogP contribution in [0, 0.1) is 0 Å². The van der Waals surface area contributed by atoms with E-state index in [1.54, 1.807) is 0 Å². The van der Waals surface area contributed by atoms with Crippen LogP contribution < -0.4 is 5.32 Å². The molecular formula is C14H12F3NO2. The summed E-state index contributed by atoms with van der Waals surface area (Å²) in [6.07, 6.45) is -0.573. The molecule has 0 spiro atoms. The van der Waals surface area contributed by atoms with Crippen LogP contribution in [-0.4, -0.2) is 11.1 Å². The Morgan fingerprint density at radius 3 is 2.55 bits per heavy atom. The molecule has 0 amide bonds. The van der Waals surface area contributed by atoms with E-state index in [9.17, 15) is 18.0 Å². The summed E-state index contributed by atoms with van der Waals surface area (Å²) in [6.45, 7) is 1.50. The summed E-state index contributed by atoms with van der Waals surface area (Å²) < 4.78 is 39.1. The van der Waals surface area contributed by atoms with Gasteiger partial charge in [-0.05, 0) is 36.9 Å². The van der Waals surface area contributed by atoms with E-state index >= 15 is 0 Å². The second-order valence-corrected chi connectivity index (χ2v) is 4.63. The molecule has 3 nitrogen and oxygen atoms in total. The lowest BCUT2D eigenvalue weighted by Crippen LogP contribution is -2.38. The number of benzene rings is 1. The molecule has 1 aromatic carbocycles. The molecule has 1 heterocycles. The summed E-state index contributed by atoms with van der Waals surface area (Å²) in [5, 5.41) is 11.8. The number of carboxylic acid groups (broad SMARTS) is 1. The van der Waals surface area contributed by atoms with E-state index in [4.69, 9.17) is 5.11 Å². The predicted molar refractivity (Wildman–Crippen MR) is 66.8 cm³/mol. The Morgan fingerprint density at radius 1 is 1.30 bits per heavy atom. The molecule has 1 aliphatic rings. The molecule has 0 aromatic heterocycles. The molecule has 1 aliphatic heterocycles. The van der Waals surface area contributed by atoms with Crippen LogP contribution in [0.4, 0.5) is 13.2 Å². The molecule has 106 valence electrons. The third-order valence-electron chi connectivity index (χ3n) is 3.13. The number of dihydropyridines is 1. The van der Waals surface area contributed by atoms with Crippen molar-refractivity contribution >= 4 is 5.97 Å². The summed E-state index contributed by atoms with van der Waals surface area (Å²) in [5.74, 6) is -1.18. The highest BCUT2D eigenvalue weighted by atomic mass is 19.4. The second kappa shape index (κ2) is 4.70. The maximum Gasteiger partial charge on any atom is 0.416 e. The Balaban J connectivity index is 2.57. The minimum Gasteiger partial charge on any atom is -0.478 e. The molecular weight excluding hydrogens is 271 g/mol. The Hall–Kier alpha value is -2.24. The summed E-state index contributed by atoms with van der Waals surface area (Å²) >= 11 is 0. The maximum atomic E-state index is 13.0. The molecule has 0 fully saturated rings. The highest BCUT2D eigenvalue weighted by molar-refractivity contribution is 5.90. The van der Waals surface area contributed by atoms with Crippen LogP contribution in [0.5, 0.6) is 0 Å². The van der Waals surface area contributed by atoms with Gasteiger partial charge in [0.1, 0.15) is 0 Å². The Kier molecular flexibility index (Phi) is 3.33. The number of carboxylic acids is 1. The minimum absolute atomic E-state index is 0.0180. The van der Waals surface area contributed by atoms with Crippen molar-refractivity contribution in [3.63, 3.8) is 0 Å². The van der Waals surface area contributed by atoms with Crippen molar-refractivity contribution in [2.75, 3.05) is 0 Å². The van der Waals surface area contributed by atoms with Crippen LogP contribution in [0.2, 0.25) is 0 Å². The van der Waals surface area contributed by atoms with Gasteiger partial charge in [-0.15, -0.1) is 0 Å². The lowest BCUT2D eigenvalue weighted by atomic mass is 9.85. The quantitative estimate of drug-likeness (QED) is 0.877. The van der Waals surface area contributed by atoms with Gasteiger partial charge in [0.05, 0.1) is 16.7 Å². The molecule has 1 atom stereocenters. The monoisotopic (exact) mass is 283 g/mol. The zero-order valence-corrected chi connectivity index (χ0v) is 10.5. The van der Waals surface area contributed by atoms with Gasteiger partial charge in [-0.3, -0.25) is 0 Å². The highest BCUT2D eigenvalue weighted by Crippen LogP contribution is 2.38. The molecule has 0 bridgehead atoms. The lowest BCUT2D eigenvalue weighted by Gasteiger charge is -2.32. The van der Waals surface area contributed by atoms with Crippen LogP contribution in [0.25, 0.3) is 0 Å². The van der Waals surface area contributed by atoms with Crippen LogP contribution in [0.1, 0.15) is 18.1 Å². The number of hydrogen-bond acceptors (Lipinski definition) is 2. The first-order valence-corrected chi connectivity index (χ1v) is 5.81. The summed E-state index contributed by atoms with van der Waals surface area (Å²) in [5.41, 5.74) is -2.08. The molecule has 0 saturated carbocycles. The van der Waals surface area contributed by atoms with Crippen molar-refractivity contribution in [1.82, 2.24) is 5.32 Å². The first kappa shape index (κ1) is 14.2. The van der Waals surface area contributed by atoms with Gasteiger partial charge in [-0.1, -0.05) is 18.2 Å². The Labute approximate surface area is 113 Å². The summed E-state index contributed by atoms with van der Waals surface area (Å²) in [7, 11) is 0.